The average molecular weight is 304 g/mol. The van der Waals surface area contributed by atoms with Crippen molar-refractivity contribution in [2.75, 3.05) is 0 Å². The van der Waals surface area contributed by atoms with Gasteiger partial charge in [-0.1, -0.05) is 41.5 Å². The zero-order valence-electron chi connectivity index (χ0n) is 13.1. The molecule has 0 fully saturated rings. The molecule has 0 aliphatic heterocycles. The highest BCUT2D eigenvalue weighted by molar-refractivity contribution is 7.89. The maximum absolute atomic E-state index is 14.7. The Morgan fingerprint density at radius 2 is 1.60 bits per heavy atom. The van der Waals surface area contributed by atoms with Gasteiger partial charge in [-0.15, -0.1) is 0 Å². The normalized spacial score (nSPS) is 21.6. The van der Waals surface area contributed by atoms with Gasteiger partial charge in [0.25, 0.3) is 10.1 Å². The average Bonchev–Trinajstić information content (AvgIpc) is 2.25. The Morgan fingerprint density at radius 1 is 1.10 bits per heavy atom. The summed E-state index contributed by atoms with van der Waals surface area (Å²) in [5, 5.41) is 0. The van der Waals surface area contributed by atoms with E-state index in [2.05, 4.69) is 0 Å². The first-order valence-corrected chi connectivity index (χ1v) is 8.52. The molecule has 0 heterocycles. The zero-order chi connectivity index (χ0) is 15.8. The van der Waals surface area contributed by atoms with Crippen molar-refractivity contribution < 1.29 is 17.4 Å². The molecule has 0 aromatic rings. The largest absolute Gasteiger partial charge is 0.291 e. The molecule has 0 spiro atoms. The fourth-order valence-corrected chi connectivity index (χ4v) is 4.14. The van der Waals surface area contributed by atoms with Gasteiger partial charge in [-0.2, -0.15) is 8.42 Å². The van der Waals surface area contributed by atoms with Gasteiger partial charge in [-0.05, 0) is 29.7 Å². The summed E-state index contributed by atoms with van der Waals surface area (Å²) in [6.07, 6.45) is 0.354. The molecule has 1 unspecified atom stereocenters. The van der Waals surface area contributed by atoms with E-state index in [-0.39, 0.29) is 34.1 Å². The SMILES string of the molecule is CC(C)C1=C(F)C(C(C)C)=C(S(=O)(=O)O)C(C(C)C)C1. The van der Waals surface area contributed by atoms with E-state index in [0.717, 1.165) is 0 Å². The molecule has 0 aromatic heterocycles. The van der Waals surface area contributed by atoms with Crippen molar-refractivity contribution in [1.29, 1.82) is 0 Å². The summed E-state index contributed by atoms with van der Waals surface area (Å²) in [6.45, 7) is 11.1. The van der Waals surface area contributed by atoms with Gasteiger partial charge in [0.2, 0.25) is 0 Å². The molecular weight excluding hydrogens is 279 g/mol. The Hall–Kier alpha value is -0.680. The molecule has 5 heteroatoms. The Labute approximate surface area is 121 Å². The molecule has 116 valence electrons. The quantitative estimate of drug-likeness (QED) is 0.786. The highest BCUT2D eigenvalue weighted by Gasteiger charge is 2.38. The zero-order valence-corrected chi connectivity index (χ0v) is 13.9. The Bertz CT molecular complexity index is 539. The molecule has 20 heavy (non-hydrogen) atoms. The summed E-state index contributed by atoms with van der Waals surface area (Å²) in [7, 11) is -4.39. The van der Waals surface area contributed by atoms with E-state index in [4.69, 9.17) is 0 Å². The first-order chi connectivity index (χ1) is 8.98. The number of hydrogen-bond donors (Lipinski definition) is 1. The van der Waals surface area contributed by atoms with Crippen LogP contribution in [0.15, 0.2) is 21.9 Å². The highest BCUT2D eigenvalue weighted by Crippen LogP contribution is 2.45. The van der Waals surface area contributed by atoms with Crippen LogP contribution in [-0.4, -0.2) is 13.0 Å². The van der Waals surface area contributed by atoms with E-state index in [0.29, 0.717) is 12.0 Å². The maximum Gasteiger partial charge on any atom is 0.291 e. The van der Waals surface area contributed by atoms with Crippen molar-refractivity contribution in [3.63, 3.8) is 0 Å². The minimum absolute atomic E-state index is 0.0162. The molecule has 0 radical (unpaired) electrons. The monoisotopic (exact) mass is 304 g/mol. The predicted molar refractivity (Wildman–Crippen MR) is 79.3 cm³/mol. The van der Waals surface area contributed by atoms with E-state index in [1.54, 1.807) is 13.8 Å². The van der Waals surface area contributed by atoms with E-state index in [1.165, 1.54) is 0 Å². The second-order valence-corrected chi connectivity index (χ2v) is 7.85. The molecule has 1 aliphatic carbocycles. The molecular formula is C15H25FO3S. The maximum atomic E-state index is 14.7. The fraction of sp³-hybridized carbons (Fsp3) is 0.733. The van der Waals surface area contributed by atoms with Crippen molar-refractivity contribution in [1.82, 2.24) is 0 Å². The van der Waals surface area contributed by atoms with E-state index >= 15 is 0 Å². The van der Waals surface area contributed by atoms with Gasteiger partial charge < -0.3 is 0 Å². The summed E-state index contributed by atoms with van der Waals surface area (Å²) in [6, 6.07) is 0. The molecule has 0 aromatic carbocycles. The van der Waals surface area contributed by atoms with Gasteiger partial charge in [0, 0.05) is 11.5 Å². The van der Waals surface area contributed by atoms with E-state index in [9.17, 15) is 17.4 Å². The molecule has 0 saturated carbocycles. The van der Waals surface area contributed by atoms with Crippen LogP contribution in [0.25, 0.3) is 0 Å². The van der Waals surface area contributed by atoms with Gasteiger partial charge in [0.1, 0.15) is 5.83 Å². The van der Waals surface area contributed by atoms with Crippen LogP contribution < -0.4 is 0 Å². The third-order valence-corrected chi connectivity index (χ3v) is 5.00. The molecule has 1 atom stereocenters. The number of allylic oxidation sites excluding steroid dienone is 4. The van der Waals surface area contributed by atoms with Gasteiger partial charge in [-0.3, -0.25) is 4.55 Å². The highest BCUT2D eigenvalue weighted by atomic mass is 32.2. The second kappa shape index (κ2) is 5.98. The lowest BCUT2D eigenvalue weighted by molar-refractivity contribution is 0.392. The fourth-order valence-electron chi connectivity index (χ4n) is 2.80. The smallest absolute Gasteiger partial charge is 0.282 e. The van der Waals surface area contributed by atoms with Gasteiger partial charge >= 0.3 is 0 Å². The number of hydrogen-bond acceptors (Lipinski definition) is 2. The van der Waals surface area contributed by atoms with Crippen molar-refractivity contribution in [3.8, 4) is 0 Å². The third kappa shape index (κ3) is 3.31. The lowest BCUT2D eigenvalue weighted by Gasteiger charge is -2.33. The lowest BCUT2D eigenvalue weighted by atomic mass is 9.77. The van der Waals surface area contributed by atoms with Crippen LogP contribution in [0, 0.1) is 23.7 Å². The van der Waals surface area contributed by atoms with Crippen LogP contribution in [0.5, 0.6) is 0 Å². The Morgan fingerprint density at radius 3 is 1.90 bits per heavy atom. The van der Waals surface area contributed by atoms with Crippen LogP contribution in [0.4, 0.5) is 4.39 Å². The Balaban J connectivity index is 3.68. The molecule has 1 rings (SSSR count). The summed E-state index contributed by atoms with van der Waals surface area (Å²) in [5.74, 6) is -1.06. The first kappa shape index (κ1) is 17.4. The van der Waals surface area contributed by atoms with Crippen LogP contribution >= 0.6 is 0 Å². The summed E-state index contributed by atoms with van der Waals surface area (Å²) >= 11 is 0. The predicted octanol–water partition coefficient (Wildman–Crippen LogP) is 4.34. The van der Waals surface area contributed by atoms with E-state index in [1.807, 2.05) is 27.7 Å². The minimum Gasteiger partial charge on any atom is -0.282 e. The number of halogens is 1. The minimum atomic E-state index is -4.39. The van der Waals surface area contributed by atoms with Crippen molar-refractivity contribution >= 4 is 10.1 Å². The molecule has 0 saturated heterocycles. The first-order valence-electron chi connectivity index (χ1n) is 7.08. The van der Waals surface area contributed by atoms with Crippen LogP contribution in [0.2, 0.25) is 0 Å². The van der Waals surface area contributed by atoms with Crippen LogP contribution in [0.3, 0.4) is 0 Å². The number of rotatable bonds is 4. The molecule has 3 nitrogen and oxygen atoms in total. The van der Waals surface area contributed by atoms with Gasteiger partial charge in [0.05, 0.1) is 4.91 Å². The third-order valence-electron chi connectivity index (χ3n) is 3.92. The topological polar surface area (TPSA) is 54.4 Å². The Kier molecular flexibility index (Phi) is 5.19. The lowest BCUT2D eigenvalue weighted by Crippen LogP contribution is -2.27. The van der Waals surface area contributed by atoms with Gasteiger partial charge in [0.15, 0.2) is 0 Å². The molecule has 0 amide bonds. The van der Waals surface area contributed by atoms with Crippen molar-refractivity contribution in [2.45, 2.75) is 48.0 Å². The summed E-state index contributed by atoms with van der Waals surface area (Å²) in [5.41, 5.74) is 0.806. The van der Waals surface area contributed by atoms with Gasteiger partial charge in [-0.25, -0.2) is 4.39 Å². The summed E-state index contributed by atoms with van der Waals surface area (Å²) < 4.78 is 47.7. The molecule has 1 aliphatic rings. The molecule has 1 N–H and O–H groups in total. The van der Waals surface area contributed by atoms with Crippen molar-refractivity contribution in [2.24, 2.45) is 23.7 Å². The molecule has 0 bridgehead atoms. The standard InChI is InChI=1S/C15H25FO3S/c1-8(2)11-7-12(9(3)4)15(20(17,18)19)13(10(5)6)14(11)16/h8-10,12H,7H2,1-6H3,(H,17,18,19). The van der Waals surface area contributed by atoms with Crippen LogP contribution in [-0.2, 0) is 10.1 Å². The second-order valence-electron chi connectivity index (χ2n) is 6.46. The van der Waals surface area contributed by atoms with E-state index < -0.39 is 15.9 Å². The van der Waals surface area contributed by atoms with Crippen molar-refractivity contribution in [3.05, 3.63) is 21.9 Å². The summed E-state index contributed by atoms with van der Waals surface area (Å²) in [4.78, 5) is -0.121. The van der Waals surface area contributed by atoms with Crippen LogP contribution in [0.1, 0.15) is 48.0 Å².